The Hall–Kier alpha value is -2.24. The predicted molar refractivity (Wildman–Crippen MR) is 57.3 cm³/mol. The van der Waals surface area contributed by atoms with Crippen molar-refractivity contribution in [2.75, 3.05) is 11.1 Å². The molecule has 0 saturated carbocycles. The van der Waals surface area contributed by atoms with Crippen molar-refractivity contribution < 1.29 is 19.4 Å². The van der Waals surface area contributed by atoms with Gasteiger partial charge in [-0.15, -0.1) is 0 Å². The lowest BCUT2D eigenvalue weighted by Gasteiger charge is -2.04. The second-order valence-electron chi connectivity index (χ2n) is 2.93. The van der Waals surface area contributed by atoms with Gasteiger partial charge in [-0.25, -0.2) is 19.4 Å². The molecule has 0 saturated heterocycles. The fraction of sp³-hybridized carbons (Fsp3) is 0.200. The van der Waals surface area contributed by atoms with Crippen LogP contribution in [0.2, 0.25) is 0 Å². The van der Waals surface area contributed by atoms with Crippen molar-refractivity contribution in [2.45, 2.75) is 13.3 Å². The van der Waals surface area contributed by atoms with Gasteiger partial charge < -0.3 is 5.73 Å². The van der Waals surface area contributed by atoms with Gasteiger partial charge in [0.2, 0.25) is 0 Å². The van der Waals surface area contributed by atoms with Crippen LogP contribution in [0, 0.1) is 0 Å². The molecule has 6 nitrogen and oxygen atoms in total. The highest BCUT2D eigenvalue weighted by molar-refractivity contribution is 5.85. The molecule has 0 aliphatic heterocycles. The number of anilines is 2. The lowest BCUT2D eigenvalue weighted by Crippen LogP contribution is -2.16. The first kappa shape index (κ1) is 11.8. The van der Waals surface area contributed by atoms with E-state index in [4.69, 9.17) is 5.73 Å². The van der Waals surface area contributed by atoms with Gasteiger partial charge in [-0.1, -0.05) is 6.92 Å². The van der Waals surface area contributed by atoms with Crippen molar-refractivity contribution >= 4 is 23.4 Å². The standard InChI is InChI=1S/C10H12N2O4/c1-2-9(13)15-16-10(14)12-8-5-3-7(11)4-6-8/h3-6H,2,11H2,1H3,(H,12,14). The molecule has 0 spiro atoms. The Labute approximate surface area is 92.3 Å². The Morgan fingerprint density at radius 1 is 1.25 bits per heavy atom. The summed E-state index contributed by atoms with van der Waals surface area (Å²) in [6, 6.07) is 6.43. The molecule has 1 aromatic rings. The van der Waals surface area contributed by atoms with Gasteiger partial charge in [-0.2, -0.15) is 0 Å². The molecule has 1 aromatic carbocycles. The average Bonchev–Trinajstić information content (AvgIpc) is 2.29. The van der Waals surface area contributed by atoms with Crippen molar-refractivity contribution in [3.8, 4) is 0 Å². The molecule has 0 aromatic heterocycles. The normalized spacial score (nSPS) is 9.31. The zero-order valence-corrected chi connectivity index (χ0v) is 8.73. The number of nitrogens with one attached hydrogen (secondary N) is 1. The maximum absolute atomic E-state index is 11.1. The van der Waals surface area contributed by atoms with Crippen molar-refractivity contribution in [1.82, 2.24) is 0 Å². The summed E-state index contributed by atoms with van der Waals surface area (Å²) in [5, 5.41) is 2.35. The number of carbonyl (C=O) groups is 2. The quantitative estimate of drug-likeness (QED) is 0.453. The van der Waals surface area contributed by atoms with Gasteiger partial charge in [0, 0.05) is 17.8 Å². The Morgan fingerprint density at radius 2 is 1.88 bits per heavy atom. The average molecular weight is 224 g/mol. The molecule has 6 heteroatoms. The summed E-state index contributed by atoms with van der Waals surface area (Å²) in [7, 11) is 0. The third-order valence-electron chi connectivity index (χ3n) is 1.66. The van der Waals surface area contributed by atoms with Crippen LogP contribution in [0.15, 0.2) is 24.3 Å². The van der Waals surface area contributed by atoms with E-state index in [1.54, 1.807) is 31.2 Å². The second kappa shape index (κ2) is 5.59. The molecule has 0 heterocycles. The van der Waals surface area contributed by atoms with Crippen LogP contribution in [0.1, 0.15) is 13.3 Å². The Balaban J connectivity index is 2.40. The second-order valence-corrected chi connectivity index (χ2v) is 2.93. The van der Waals surface area contributed by atoms with E-state index in [9.17, 15) is 9.59 Å². The molecule has 0 fully saturated rings. The highest BCUT2D eigenvalue weighted by Crippen LogP contribution is 2.10. The molecule has 0 aliphatic carbocycles. The Kier molecular flexibility index (Phi) is 4.14. The molecule has 16 heavy (non-hydrogen) atoms. The molecule has 86 valence electrons. The molecule has 0 unspecified atom stereocenters. The van der Waals surface area contributed by atoms with E-state index < -0.39 is 12.1 Å². The number of amides is 1. The molecule has 0 bridgehead atoms. The summed E-state index contributed by atoms with van der Waals surface area (Å²) >= 11 is 0. The SMILES string of the molecule is CCC(=O)OOC(=O)Nc1ccc(N)cc1. The summed E-state index contributed by atoms with van der Waals surface area (Å²) in [6.45, 7) is 1.59. The van der Waals surface area contributed by atoms with E-state index >= 15 is 0 Å². The van der Waals surface area contributed by atoms with Gasteiger partial charge >= 0.3 is 12.1 Å². The maximum Gasteiger partial charge on any atom is 0.454 e. The minimum atomic E-state index is -0.869. The van der Waals surface area contributed by atoms with Gasteiger partial charge in [-0.3, -0.25) is 5.32 Å². The van der Waals surface area contributed by atoms with E-state index in [1.165, 1.54) is 0 Å². The number of nitrogens with two attached hydrogens (primary N) is 1. The highest BCUT2D eigenvalue weighted by Gasteiger charge is 2.07. The summed E-state index contributed by atoms with van der Waals surface area (Å²) in [5.41, 5.74) is 6.53. The minimum absolute atomic E-state index is 0.134. The van der Waals surface area contributed by atoms with Crippen molar-refractivity contribution in [1.29, 1.82) is 0 Å². The molecule has 1 rings (SSSR count). The van der Waals surface area contributed by atoms with Crippen LogP contribution in [0.3, 0.4) is 0 Å². The lowest BCUT2D eigenvalue weighted by atomic mass is 10.3. The van der Waals surface area contributed by atoms with Gasteiger partial charge in [0.25, 0.3) is 0 Å². The number of nitrogen functional groups attached to an aromatic ring is 1. The van der Waals surface area contributed by atoms with E-state index in [-0.39, 0.29) is 6.42 Å². The number of hydrogen-bond acceptors (Lipinski definition) is 5. The van der Waals surface area contributed by atoms with Crippen molar-refractivity contribution in [3.05, 3.63) is 24.3 Å². The van der Waals surface area contributed by atoms with Crippen molar-refractivity contribution in [2.24, 2.45) is 0 Å². The topological polar surface area (TPSA) is 90.6 Å². The summed E-state index contributed by atoms with van der Waals surface area (Å²) in [6.07, 6.45) is -0.735. The minimum Gasteiger partial charge on any atom is -0.399 e. The number of hydrogen-bond donors (Lipinski definition) is 2. The molecule has 0 atom stereocenters. The summed E-state index contributed by atoms with van der Waals surface area (Å²) < 4.78 is 0. The van der Waals surface area contributed by atoms with Crippen LogP contribution in [0.5, 0.6) is 0 Å². The maximum atomic E-state index is 11.1. The zero-order chi connectivity index (χ0) is 12.0. The van der Waals surface area contributed by atoms with Crippen LogP contribution in [0.4, 0.5) is 16.2 Å². The van der Waals surface area contributed by atoms with Crippen LogP contribution < -0.4 is 11.1 Å². The number of benzene rings is 1. The first-order chi connectivity index (χ1) is 7.61. The van der Waals surface area contributed by atoms with E-state index in [2.05, 4.69) is 15.1 Å². The molecular formula is C10H12N2O4. The first-order valence-electron chi connectivity index (χ1n) is 4.65. The number of rotatable bonds is 2. The van der Waals surface area contributed by atoms with E-state index in [0.29, 0.717) is 11.4 Å². The Bertz CT molecular complexity index is 375. The van der Waals surface area contributed by atoms with Crippen LogP contribution in [-0.4, -0.2) is 12.1 Å². The molecule has 3 N–H and O–H groups in total. The summed E-state index contributed by atoms with van der Waals surface area (Å²) in [5.74, 6) is -0.618. The van der Waals surface area contributed by atoms with Gasteiger partial charge in [0.1, 0.15) is 0 Å². The smallest absolute Gasteiger partial charge is 0.399 e. The van der Waals surface area contributed by atoms with Crippen LogP contribution >= 0.6 is 0 Å². The van der Waals surface area contributed by atoms with Gasteiger partial charge in [-0.05, 0) is 24.3 Å². The van der Waals surface area contributed by atoms with E-state index in [0.717, 1.165) is 0 Å². The molecule has 1 amide bonds. The third-order valence-corrected chi connectivity index (χ3v) is 1.66. The highest BCUT2D eigenvalue weighted by atomic mass is 17.2. The predicted octanol–water partition coefficient (Wildman–Crippen LogP) is 1.69. The first-order valence-corrected chi connectivity index (χ1v) is 4.65. The van der Waals surface area contributed by atoms with Crippen LogP contribution in [-0.2, 0) is 14.6 Å². The molecular weight excluding hydrogens is 212 g/mol. The largest absolute Gasteiger partial charge is 0.454 e. The molecule has 0 aliphatic rings. The fourth-order valence-corrected chi connectivity index (χ4v) is 0.848. The zero-order valence-electron chi connectivity index (χ0n) is 8.73. The fourth-order valence-electron chi connectivity index (χ4n) is 0.848. The van der Waals surface area contributed by atoms with Crippen molar-refractivity contribution in [3.63, 3.8) is 0 Å². The lowest BCUT2D eigenvalue weighted by molar-refractivity contribution is -0.229. The monoisotopic (exact) mass is 224 g/mol. The van der Waals surface area contributed by atoms with Gasteiger partial charge in [0.05, 0.1) is 0 Å². The van der Waals surface area contributed by atoms with Crippen LogP contribution in [0.25, 0.3) is 0 Å². The summed E-state index contributed by atoms with van der Waals surface area (Å²) in [4.78, 5) is 30.1. The molecule has 0 radical (unpaired) electrons. The Morgan fingerprint density at radius 3 is 2.44 bits per heavy atom. The van der Waals surface area contributed by atoms with E-state index in [1.807, 2.05) is 0 Å². The third kappa shape index (κ3) is 3.87. The van der Waals surface area contributed by atoms with Gasteiger partial charge in [0.15, 0.2) is 0 Å². The number of carbonyl (C=O) groups excluding carboxylic acids is 2.